The van der Waals surface area contributed by atoms with Crippen LogP contribution in [-0.2, 0) is 0 Å². The summed E-state index contributed by atoms with van der Waals surface area (Å²) in [5, 5.41) is 20.6. The van der Waals surface area contributed by atoms with Crippen LogP contribution in [0.5, 0.6) is 0 Å². The summed E-state index contributed by atoms with van der Waals surface area (Å²) in [6.45, 7) is 0. The largest absolute Gasteiger partial charge is 0.478 e. The highest BCUT2D eigenvalue weighted by Crippen LogP contribution is 2.20. The number of aromatic nitrogens is 1. The zero-order valence-corrected chi connectivity index (χ0v) is 12.4. The van der Waals surface area contributed by atoms with Crippen LogP contribution in [0.3, 0.4) is 0 Å². The van der Waals surface area contributed by atoms with E-state index in [1.54, 1.807) is 48.6 Å². The van der Waals surface area contributed by atoms with Crippen LogP contribution < -0.4 is 0 Å². The molecule has 0 unspecified atom stereocenters. The topological polar surface area (TPSA) is 93.3 Å². The van der Waals surface area contributed by atoms with Crippen molar-refractivity contribution in [2.45, 2.75) is 0 Å². The Labute approximate surface area is 136 Å². The molecule has 0 atom stereocenters. The first-order valence-corrected chi connectivity index (χ1v) is 7.10. The Morgan fingerprint density at radius 3 is 2.46 bits per heavy atom. The molecule has 118 valence electrons. The summed E-state index contributed by atoms with van der Waals surface area (Å²) in [6, 6.07) is 14.6. The predicted octanol–water partition coefficient (Wildman–Crippen LogP) is 4.01. The summed E-state index contributed by atoms with van der Waals surface area (Å²) in [5.74, 6) is -1.02. The molecule has 1 aromatic heterocycles. The number of aromatic carboxylic acids is 1. The van der Waals surface area contributed by atoms with Gasteiger partial charge in [-0.05, 0) is 35.9 Å². The van der Waals surface area contributed by atoms with Gasteiger partial charge < -0.3 is 5.11 Å². The number of fused-ring (bicyclic) bond motifs is 1. The number of carbonyl (C=O) groups is 1. The van der Waals surface area contributed by atoms with Gasteiger partial charge in [-0.15, -0.1) is 0 Å². The molecule has 24 heavy (non-hydrogen) atoms. The highest BCUT2D eigenvalue weighted by atomic mass is 16.6. The number of hydrogen-bond acceptors (Lipinski definition) is 4. The Morgan fingerprint density at radius 1 is 1.08 bits per heavy atom. The van der Waals surface area contributed by atoms with Gasteiger partial charge in [-0.25, -0.2) is 9.78 Å². The lowest BCUT2D eigenvalue weighted by Gasteiger charge is -2.04. The summed E-state index contributed by atoms with van der Waals surface area (Å²) in [6.07, 6.45) is 3.41. The second-order valence-electron chi connectivity index (χ2n) is 5.10. The summed E-state index contributed by atoms with van der Waals surface area (Å²) >= 11 is 0. The van der Waals surface area contributed by atoms with Gasteiger partial charge in [-0.1, -0.05) is 24.3 Å². The fourth-order valence-corrected chi connectivity index (χ4v) is 2.35. The van der Waals surface area contributed by atoms with E-state index in [0.29, 0.717) is 16.6 Å². The predicted molar refractivity (Wildman–Crippen MR) is 90.7 cm³/mol. The number of nitrogens with zero attached hydrogens (tertiary/aromatic N) is 2. The highest BCUT2D eigenvalue weighted by Gasteiger charge is 2.10. The number of non-ortho nitro benzene ring substituents is 1. The number of nitro benzene ring substituents is 1. The van der Waals surface area contributed by atoms with Gasteiger partial charge in [0, 0.05) is 17.5 Å². The molecule has 1 heterocycles. The molecule has 0 aliphatic carbocycles. The van der Waals surface area contributed by atoms with Gasteiger partial charge in [-0.2, -0.15) is 0 Å². The van der Waals surface area contributed by atoms with Crippen molar-refractivity contribution in [2.75, 3.05) is 0 Å². The number of pyridine rings is 1. The standard InChI is InChI=1S/C18H12N2O4/c21-18(22)16-11-13(19-17-4-2-1-3-15(16)17)8-5-12-6-9-14(10-7-12)20(23)24/h1-11H,(H,21,22). The van der Waals surface area contributed by atoms with Crippen molar-refractivity contribution in [1.29, 1.82) is 0 Å². The van der Waals surface area contributed by atoms with Crippen molar-refractivity contribution >= 4 is 34.7 Å². The molecule has 6 nitrogen and oxygen atoms in total. The van der Waals surface area contributed by atoms with Crippen molar-refractivity contribution in [3.05, 3.63) is 81.5 Å². The van der Waals surface area contributed by atoms with Crippen LogP contribution >= 0.6 is 0 Å². The summed E-state index contributed by atoms with van der Waals surface area (Å²) < 4.78 is 0. The number of carboxylic acid groups (broad SMARTS) is 1. The Morgan fingerprint density at radius 2 is 1.79 bits per heavy atom. The molecular weight excluding hydrogens is 308 g/mol. The van der Waals surface area contributed by atoms with Crippen molar-refractivity contribution in [3.63, 3.8) is 0 Å². The molecular formula is C18H12N2O4. The Hall–Kier alpha value is -3.54. The van der Waals surface area contributed by atoms with Crippen LogP contribution in [0.2, 0.25) is 0 Å². The Bertz CT molecular complexity index is 962. The van der Waals surface area contributed by atoms with E-state index in [1.165, 1.54) is 18.2 Å². The van der Waals surface area contributed by atoms with Gasteiger partial charge in [0.2, 0.25) is 0 Å². The molecule has 0 aliphatic heterocycles. The van der Waals surface area contributed by atoms with Gasteiger partial charge >= 0.3 is 5.97 Å². The molecule has 3 rings (SSSR count). The van der Waals surface area contributed by atoms with Crippen molar-refractivity contribution in [1.82, 2.24) is 4.98 Å². The first-order valence-electron chi connectivity index (χ1n) is 7.10. The van der Waals surface area contributed by atoms with E-state index in [2.05, 4.69) is 4.98 Å². The second-order valence-corrected chi connectivity index (χ2v) is 5.10. The van der Waals surface area contributed by atoms with Crippen LogP contribution in [0.25, 0.3) is 23.1 Å². The second kappa shape index (κ2) is 6.29. The van der Waals surface area contributed by atoms with E-state index in [9.17, 15) is 20.0 Å². The number of benzene rings is 2. The molecule has 0 radical (unpaired) electrons. The summed E-state index contributed by atoms with van der Waals surface area (Å²) in [5.41, 5.74) is 2.06. The molecule has 0 saturated carbocycles. The zero-order valence-electron chi connectivity index (χ0n) is 12.4. The lowest BCUT2D eigenvalue weighted by atomic mass is 10.1. The van der Waals surface area contributed by atoms with Crippen LogP contribution in [0.4, 0.5) is 5.69 Å². The summed E-state index contributed by atoms with van der Waals surface area (Å²) in [7, 11) is 0. The molecule has 0 aliphatic rings. The van der Waals surface area contributed by atoms with E-state index >= 15 is 0 Å². The molecule has 0 bridgehead atoms. The van der Waals surface area contributed by atoms with Gasteiger partial charge in [0.05, 0.1) is 21.7 Å². The lowest BCUT2D eigenvalue weighted by Crippen LogP contribution is -2.00. The Balaban J connectivity index is 1.97. The maximum Gasteiger partial charge on any atom is 0.336 e. The SMILES string of the molecule is O=C(O)c1cc(C=Cc2ccc([N+](=O)[O-])cc2)nc2ccccc12. The van der Waals surface area contributed by atoms with Gasteiger partial charge in [-0.3, -0.25) is 10.1 Å². The fraction of sp³-hybridized carbons (Fsp3) is 0. The van der Waals surface area contributed by atoms with Gasteiger partial charge in [0.15, 0.2) is 0 Å². The van der Waals surface area contributed by atoms with Crippen molar-refractivity contribution in [2.24, 2.45) is 0 Å². The normalized spacial score (nSPS) is 11.0. The number of rotatable bonds is 4. The van der Waals surface area contributed by atoms with Crippen LogP contribution in [0.1, 0.15) is 21.6 Å². The lowest BCUT2D eigenvalue weighted by molar-refractivity contribution is -0.384. The number of para-hydroxylation sites is 1. The molecule has 3 aromatic rings. The van der Waals surface area contributed by atoms with E-state index < -0.39 is 10.9 Å². The summed E-state index contributed by atoms with van der Waals surface area (Å²) in [4.78, 5) is 26.0. The van der Waals surface area contributed by atoms with Crippen molar-refractivity contribution in [3.8, 4) is 0 Å². The van der Waals surface area contributed by atoms with E-state index in [0.717, 1.165) is 5.56 Å². The average Bonchev–Trinajstić information content (AvgIpc) is 2.59. The minimum Gasteiger partial charge on any atom is -0.478 e. The minimum absolute atomic E-state index is 0.0177. The Kier molecular flexibility index (Phi) is 4.03. The number of carboxylic acids is 1. The molecule has 0 spiro atoms. The molecule has 0 saturated heterocycles. The van der Waals surface area contributed by atoms with Crippen LogP contribution in [0.15, 0.2) is 54.6 Å². The monoisotopic (exact) mass is 320 g/mol. The molecule has 0 amide bonds. The molecule has 1 N–H and O–H groups in total. The molecule has 2 aromatic carbocycles. The zero-order chi connectivity index (χ0) is 17.1. The third-order valence-electron chi connectivity index (χ3n) is 3.52. The van der Waals surface area contributed by atoms with Crippen molar-refractivity contribution < 1.29 is 14.8 Å². The average molecular weight is 320 g/mol. The van der Waals surface area contributed by atoms with Crippen LogP contribution in [0, 0.1) is 10.1 Å². The quantitative estimate of drug-likeness (QED) is 0.579. The first kappa shape index (κ1) is 15.4. The van der Waals surface area contributed by atoms with E-state index in [4.69, 9.17) is 0 Å². The first-order chi connectivity index (χ1) is 11.5. The van der Waals surface area contributed by atoms with Gasteiger partial charge in [0.25, 0.3) is 5.69 Å². The van der Waals surface area contributed by atoms with E-state index in [1.807, 2.05) is 0 Å². The van der Waals surface area contributed by atoms with E-state index in [-0.39, 0.29) is 11.3 Å². The third kappa shape index (κ3) is 3.12. The maximum absolute atomic E-state index is 11.4. The highest BCUT2D eigenvalue weighted by molar-refractivity contribution is 6.03. The molecule has 0 fully saturated rings. The maximum atomic E-state index is 11.4. The number of hydrogen-bond donors (Lipinski definition) is 1. The molecule has 6 heteroatoms. The minimum atomic E-state index is -1.02. The number of nitro groups is 1. The third-order valence-corrected chi connectivity index (χ3v) is 3.52. The fourth-order valence-electron chi connectivity index (χ4n) is 2.35. The van der Waals surface area contributed by atoms with Gasteiger partial charge in [0.1, 0.15) is 0 Å². The smallest absolute Gasteiger partial charge is 0.336 e. The van der Waals surface area contributed by atoms with Crippen LogP contribution in [-0.4, -0.2) is 21.0 Å².